The molecular formula is C17H24N4O3S. The molecule has 3 rings (SSSR count). The highest BCUT2D eigenvalue weighted by atomic mass is 32.2. The van der Waals surface area contributed by atoms with Gasteiger partial charge in [-0.2, -0.15) is 5.10 Å². The molecule has 0 atom stereocenters. The predicted octanol–water partition coefficient (Wildman–Crippen LogP) is 2.10. The van der Waals surface area contributed by atoms with Crippen LogP contribution in [0, 0.1) is 13.8 Å². The first-order valence-corrected chi connectivity index (χ1v) is 9.95. The van der Waals surface area contributed by atoms with E-state index in [2.05, 4.69) is 14.8 Å². The molecule has 1 saturated carbocycles. The summed E-state index contributed by atoms with van der Waals surface area (Å²) in [7, 11) is -1.81. The molecule has 1 N–H and O–H groups in total. The summed E-state index contributed by atoms with van der Waals surface area (Å²) in [6, 6.07) is 5.50. The van der Waals surface area contributed by atoms with Crippen LogP contribution in [-0.2, 0) is 17.1 Å². The number of hydrogen-bond acceptors (Lipinski definition) is 5. The van der Waals surface area contributed by atoms with E-state index in [-0.39, 0.29) is 12.1 Å². The van der Waals surface area contributed by atoms with Crippen LogP contribution in [-0.4, -0.2) is 35.3 Å². The van der Waals surface area contributed by atoms with Gasteiger partial charge >= 0.3 is 0 Å². The molecular weight excluding hydrogens is 340 g/mol. The van der Waals surface area contributed by atoms with Gasteiger partial charge in [0.2, 0.25) is 15.9 Å². The fraction of sp³-hybridized carbons (Fsp3) is 0.529. The van der Waals surface area contributed by atoms with Crippen LogP contribution in [0.25, 0.3) is 0 Å². The fourth-order valence-electron chi connectivity index (χ4n) is 3.31. The van der Waals surface area contributed by atoms with Crippen molar-refractivity contribution in [1.29, 1.82) is 0 Å². The standard InChI is InChI=1S/C17H24N4O3S/c1-12-17(13(2)21(3)19-12)25(22,23)20-14-7-9-15(10-8-14)24-16-6-4-5-11-18-16/h4-6,11,14-15,20H,7-10H2,1-3H3. The molecule has 25 heavy (non-hydrogen) atoms. The van der Waals surface area contributed by atoms with Crippen molar-refractivity contribution in [3.63, 3.8) is 0 Å². The molecule has 0 radical (unpaired) electrons. The second-order valence-electron chi connectivity index (χ2n) is 6.50. The predicted molar refractivity (Wildman–Crippen MR) is 93.9 cm³/mol. The zero-order valence-electron chi connectivity index (χ0n) is 14.8. The Morgan fingerprint density at radius 3 is 2.48 bits per heavy atom. The van der Waals surface area contributed by atoms with Crippen LogP contribution in [0.1, 0.15) is 37.1 Å². The average molecular weight is 364 g/mol. The minimum absolute atomic E-state index is 0.0763. The number of ether oxygens (including phenoxy) is 1. The number of sulfonamides is 1. The summed E-state index contributed by atoms with van der Waals surface area (Å²) in [5.41, 5.74) is 1.18. The molecule has 0 unspecified atom stereocenters. The van der Waals surface area contributed by atoms with E-state index in [1.165, 1.54) is 0 Å². The Bertz CT molecular complexity index is 825. The number of aryl methyl sites for hydroxylation is 2. The van der Waals surface area contributed by atoms with Crippen molar-refractivity contribution in [2.24, 2.45) is 7.05 Å². The summed E-state index contributed by atoms with van der Waals surface area (Å²) in [6.07, 6.45) is 4.87. The Morgan fingerprint density at radius 1 is 1.20 bits per heavy atom. The highest BCUT2D eigenvalue weighted by molar-refractivity contribution is 7.89. The highest BCUT2D eigenvalue weighted by Gasteiger charge is 2.30. The summed E-state index contributed by atoms with van der Waals surface area (Å²) in [5, 5.41) is 4.20. The third kappa shape index (κ3) is 4.01. The van der Waals surface area contributed by atoms with Crippen LogP contribution in [0.4, 0.5) is 0 Å². The van der Waals surface area contributed by atoms with Gasteiger partial charge < -0.3 is 4.74 Å². The van der Waals surface area contributed by atoms with Crippen molar-refractivity contribution in [1.82, 2.24) is 19.5 Å². The maximum Gasteiger partial charge on any atom is 0.244 e. The normalized spacial score (nSPS) is 21.2. The molecule has 0 spiro atoms. The van der Waals surface area contributed by atoms with Gasteiger partial charge in [0.1, 0.15) is 11.0 Å². The Labute approximate surface area is 148 Å². The van der Waals surface area contributed by atoms with E-state index in [0.29, 0.717) is 22.2 Å². The van der Waals surface area contributed by atoms with Gasteiger partial charge in [-0.1, -0.05) is 6.07 Å². The van der Waals surface area contributed by atoms with Crippen molar-refractivity contribution in [2.45, 2.75) is 56.6 Å². The van der Waals surface area contributed by atoms with Crippen LogP contribution in [0.3, 0.4) is 0 Å². The molecule has 1 aliphatic carbocycles. The van der Waals surface area contributed by atoms with Gasteiger partial charge in [-0.05, 0) is 45.6 Å². The molecule has 0 bridgehead atoms. The fourth-order valence-corrected chi connectivity index (χ4v) is 5.05. The summed E-state index contributed by atoms with van der Waals surface area (Å²) in [5.74, 6) is 0.619. The number of nitrogens with one attached hydrogen (secondary N) is 1. The first kappa shape index (κ1) is 17.9. The van der Waals surface area contributed by atoms with Crippen LogP contribution in [0.5, 0.6) is 5.88 Å². The highest BCUT2D eigenvalue weighted by Crippen LogP contribution is 2.25. The third-order valence-corrected chi connectivity index (χ3v) is 6.40. The van der Waals surface area contributed by atoms with Crippen LogP contribution >= 0.6 is 0 Å². The maximum atomic E-state index is 12.7. The lowest BCUT2D eigenvalue weighted by Crippen LogP contribution is -2.40. The van der Waals surface area contributed by atoms with Crippen molar-refractivity contribution in [3.05, 3.63) is 35.8 Å². The van der Waals surface area contributed by atoms with E-state index in [4.69, 9.17) is 4.74 Å². The molecule has 7 nitrogen and oxygen atoms in total. The van der Waals surface area contributed by atoms with Crippen molar-refractivity contribution >= 4 is 10.0 Å². The van der Waals surface area contributed by atoms with Crippen molar-refractivity contribution < 1.29 is 13.2 Å². The molecule has 0 aliphatic heterocycles. The minimum Gasteiger partial charge on any atom is -0.474 e. The summed E-state index contributed by atoms with van der Waals surface area (Å²) in [4.78, 5) is 4.46. The Hall–Kier alpha value is -1.93. The van der Waals surface area contributed by atoms with E-state index in [9.17, 15) is 8.42 Å². The molecule has 1 fully saturated rings. The van der Waals surface area contributed by atoms with Gasteiger partial charge in [0.05, 0.1) is 11.4 Å². The Balaban J connectivity index is 1.60. The number of nitrogens with zero attached hydrogens (tertiary/aromatic N) is 3. The van der Waals surface area contributed by atoms with E-state index in [1.54, 1.807) is 31.8 Å². The van der Waals surface area contributed by atoms with Crippen LogP contribution in [0.2, 0.25) is 0 Å². The van der Waals surface area contributed by atoms with E-state index in [1.807, 2.05) is 18.2 Å². The number of hydrogen-bond donors (Lipinski definition) is 1. The van der Waals surface area contributed by atoms with E-state index >= 15 is 0 Å². The van der Waals surface area contributed by atoms with Gasteiger partial charge in [-0.3, -0.25) is 4.68 Å². The largest absolute Gasteiger partial charge is 0.474 e. The zero-order chi connectivity index (χ0) is 18.0. The molecule has 136 valence electrons. The summed E-state index contributed by atoms with van der Waals surface area (Å²) < 4.78 is 35.7. The lowest BCUT2D eigenvalue weighted by atomic mass is 9.94. The van der Waals surface area contributed by atoms with Gasteiger partial charge in [-0.25, -0.2) is 18.1 Å². The van der Waals surface area contributed by atoms with Gasteiger partial charge in [0, 0.05) is 25.4 Å². The van der Waals surface area contributed by atoms with Crippen molar-refractivity contribution in [2.75, 3.05) is 0 Å². The Morgan fingerprint density at radius 2 is 1.92 bits per heavy atom. The second kappa shape index (κ2) is 7.13. The molecule has 0 saturated heterocycles. The smallest absolute Gasteiger partial charge is 0.244 e. The summed E-state index contributed by atoms with van der Waals surface area (Å²) >= 11 is 0. The minimum atomic E-state index is -3.56. The topological polar surface area (TPSA) is 86.1 Å². The quantitative estimate of drug-likeness (QED) is 0.878. The second-order valence-corrected chi connectivity index (χ2v) is 8.16. The van der Waals surface area contributed by atoms with Gasteiger partial charge in [-0.15, -0.1) is 0 Å². The maximum absolute atomic E-state index is 12.7. The SMILES string of the molecule is Cc1nn(C)c(C)c1S(=O)(=O)NC1CCC(Oc2ccccn2)CC1. The average Bonchev–Trinajstić information content (AvgIpc) is 2.83. The number of aromatic nitrogens is 3. The van der Waals surface area contributed by atoms with Gasteiger partial charge in [0.25, 0.3) is 0 Å². The zero-order valence-corrected chi connectivity index (χ0v) is 15.6. The first-order valence-electron chi connectivity index (χ1n) is 8.47. The number of pyridine rings is 1. The van der Waals surface area contributed by atoms with E-state index < -0.39 is 10.0 Å². The summed E-state index contributed by atoms with van der Waals surface area (Å²) in [6.45, 7) is 3.49. The molecule has 0 amide bonds. The monoisotopic (exact) mass is 364 g/mol. The lowest BCUT2D eigenvalue weighted by molar-refractivity contribution is 0.138. The lowest BCUT2D eigenvalue weighted by Gasteiger charge is -2.29. The molecule has 2 aromatic rings. The molecule has 0 aromatic carbocycles. The molecule has 1 aliphatic rings. The van der Waals surface area contributed by atoms with Gasteiger partial charge in [0.15, 0.2) is 0 Å². The molecule has 2 heterocycles. The van der Waals surface area contributed by atoms with Crippen molar-refractivity contribution in [3.8, 4) is 5.88 Å². The first-order chi connectivity index (χ1) is 11.9. The van der Waals surface area contributed by atoms with E-state index in [0.717, 1.165) is 25.7 Å². The molecule has 2 aromatic heterocycles. The van der Waals surface area contributed by atoms with Crippen LogP contribution < -0.4 is 9.46 Å². The number of rotatable bonds is 5. The Kier molecular flexibility index (Phi) is 5.10. The molecule has 8 heteroatoms. The van der Waals surface area contributed by atoms with Crippen LogP contribution in [0.15, 0.2) is 29.3 Å². The third-order valence-electron chi connectivity index (χ3n) is 4.63.